The van der Waals surface area contributed by atoms with Crippen molar-refractivity contribution in [3.8, 4) is 11.1 Å². The Balaban J connectivity index is 1.36. The third kappa shape index (κ3) is 5.22. The largest absolute Gasteiger partial charge is 0.305 e. The monoisotopic (exact) mass is 560 g/mol. The van der Waals surface area contributed by atoms with E-state index in [1.807, 2.05) is 24.3 Å². The lowest BCUT2D eigenvalue weighted by molar-refractivity contribution is 0.619. The standard InChI is InChI=1S/C36H24F4N2/c37-29-9-1-5-13-33(29)41(34-14-6-2-10-30(34)38)27-21-17-25(18-22-27)26-19-23-28(24-20-26)42(35-15-7-3-11-31(35)39)36-16-8-4-12-32(36)40/h1-24H. The third-order valence-corrected chi connectivity index (χ3v) is 6.96. The smallest absolute Gasteiger partial charge is 0.147 e. The van der Waals surface area contributed by atoms with Crippen molar-refractivity contribution < 1.29 is 17.6 Å². The molecule has 2 nitrogen and oxygen atoms in total. The molecular formula is C36H24F4N2. The molecule has 0 atom stereocenters. The molecule has 206 valence electrons. The Morgan fingerprint density at radius 3 is 0.762 bits per heavy atom. The molecule has 0 bridgehead atoms. The average molecular weight is 561 g/mol. The Hall–Kier alpha value is -5.36. The van der Waals surface area contributed by atoms with E-state index in [2.05, 4.69) is 0 Å². The normalized spacial score (nSPS) is 10.9. The van der Waals surface area contributed by atoms with Crippen LogP contribution in [0.3, 0.4) is 0 Å². The van der Waals surface area contributed by atoms with Gasteiger partial charge in [-0.1, -0.05) is 72.8 Å². The summed E-state index contributed by atoms with van der Waals surface area (Å²) in [4.78, 5) is 3.08. The van der Waals surface area contributed by atoms with Crippen molar-refractivity contribution >= 4 is 34.1 Å². The van der Waals surface area contributed by atoms with Crippen LogP contribution >= 0.6 is 0 Å². The van der Waals surface area contributed by atoms with E-state index in [0.717, 1.165) is 11.1 Å². The Labute approximate surface area is 241 Å². The molecular weight excluding hydrogens is 536 g/mol. The van der Waals surface area contributed by atoms with Crippen LogP contribution in [0.15, 0.2) is 146 Å². The van der Waals surface area contributed by atoms with Crippen molar-refractivity contribution in [1.29, 1.82) is 0 Å². The second-order valence-corrected chi connectivity index (χ2v) is 9.57. The summed E-state index contributed by atoms with van der Waals surface area (Å²) in [5.74, 6) is -1.91. The van der Waals surface area contributed by atoms with E-state index in [1.54, 1.807) is 97.1 Å². The molecule has 0 saturated heterocycles. The van der Waals surface area contributed by atoms with Crippen LogP contribution in [0, 0.1) is 23.3 Å². The molecule has 0 unspecified atom stereocenters. The maximum atomic E-state index is 14.9. The highest BCUT2D eigenvalue weighted by Gasteiger charge is 2.20. The van der Waals surface area contributed by atoms with Crippen LogP contribution in [0.2, 0.25) is 0 Å². The number of nitrogens with zero attached hydrogens (tertiary/aromatic N) is 2. The van der Waals surface area contributed by atoms with Crippen LogP contribution in [-0.2, 0) is 0 Å². The van der Waals surface area contributed by atoms with Crippen molar-refractivity contribution in [2.45, 2.75) is 0 Å². The van der Waals surface area contributed by atoms with Crippen molar-refractivity contribution in [1.82, 2.24) is 0 Å². The summed E-state index contributed by atoms with van der Waals surface area (Å²) in [5.41, 5.74) is 3.77. The van der Waals surface area contributed by atoms with Gasteiger partial charge in [0.15, 0.2) is 0 Å². The summed E-state index contributed by atoms with van der Waals surface area (Å²) in [6, 6.07) is 39.6. The molecule has 0 heterocycles. The Morgan fingerprint density at radius 1 is 0.286 bits per heavy atom. The Kier molecular flexibility index (Phi) is 7.43. The first-order chi connectivity index (χ1) is 20.5. The molecule has 0 radical (unpaired) electrons. The first-order valence-corrected chi connectivity index (χ1v) is 13.3. The zero-order valence-electron chi connectivity index (χ0n) is 22.3. The van der Waals surface area contributed by atoms with Gasteiger partial charge in [0.05, 0.1) is 22.7 Å². The minimum atomic E-state index is -0.477. The molecule has 0 amide bonds. The van der Waals surface area contributed by atoms with E-state index < -0.39 is 23.3 Å². The molecule has 0 aliphatic rings. The SMILES string of the molecule is Fc1ccccc1N(c1ccc(-c2ccc(N(c3ccccc3F)c3ccccc3F)cc2)cc1)c1ccccc1F. The van der Waals surface area contributed by atoms with Crippen LogP contribution in [0.5, 0.6) is 0 Å². The van der Waals surface area contributed by atoms with Gasteiger partial charge in [-0.05, 0) is 83.9 Å². The van der Waals surface area contributed by atoms with Gasteiger partial charge in [-0.15, -0.1) is 0 Å². The topological polar surface area (TPSA) is 6.48 Å². The highest BCUT2D eigenvalue weighted by Crippen LogP contribution is 2.40. The van der Waals surface area contributed by atoms with E-state index in [9.17, 15) is 17.6 Å². The zero-order chi connectivity index (χ0) is 29.1. The van der Waals surface area contributed by atoms with Gasteiger partial charge >= 0.3 is 0 Å². The van der Waals surface area contributed by atoms with E-state index in [4.69, 9.17) is 0 Å². The fourth-order valence-corrected chi connectivity index (χ4v) is 4.95. The highest BCUT2D eigenvalue weighted by atomic mass is 19.1. The maximum absolute atomic E-state index is 14.9. The fraction of sp³-hybridized carbons (Fsp3) is 0. The maximum Gasteiger partial charge on any atom is 0.147 e. The van der Waals surface area contributed by atoms with Gasteiger partial charge in [0, 0.05) is 11.4 Å². The van der Waals surface area contributed by atoms with Crippen LogP contribution in [-0.4, -0.2) is 0 Å². The summed E-state index contributed by atoms with van der Waals surface area (Å²) in [7, 11) is 0. The lowest BCUT2D eigenvalue weighted by Gasteiger charge is -2.26. The number of para-hydroxylation sites is 4. The van der Waals surface area contributed by atoms with Crippen LogP contribution in [0.4, 0.5) is 51.7 Å². The average Bonchev–Trinajstić information content (AvgIpc) is 3.02. The molecule has 42 heavy (non-hydrogen) atoms. The van der Waals surface area contributed by atoms with Crippen molar-refractivity contribution in [3.05, 3.63) is 169 Å². The van der Waals surface area contributed by atoms with E-state index in [0.29, 0.717) is 11.4 Å². The summed E-state index contributed by atoms with van der Waals surface area (Å²) in [6.07, 6.45) is 0. The summed E-state index contributed by atoms with van der Waals surface area (Å²) < 4.78 is 59.5. The minimum absolute atomic E-state index is 0.223. The molecule has 0 N–H and O–H groups in total. The molecule has 0 saturated carbocycles. The second-order valence-electron chi connectivity index (χ2n) is 9.57. The molecule has 6 rings (SSSR count). The van der Waals surface area contributed by atoms with Crippen LogP contribution in [0.25, 0.3) is 11.1 Å². The Bertz CT molecular complexity index is 1610. The van der Waals surface area contributed by atoms with E-state index >= 15 is 0 Å². The lowest BCUT2D eigenvalue weighted by Crippen LogP contribution is -2.13. The Morgan fingerprint density at radius 2 is 0.524 bits per heavy atom. The third-order valence-electron chi connectivity index (χ3n) is 6.96. The van der Waals surface area contributed by atoms with E-state index in [-0.39, 0.29) is 22.7 Å². The molecule has 0 spiro atoms. The molecule has 6 aromatic carbocycles. The van der Waals surface area contributed by atoms with Gasteiger partial charge in [0.1, 0.15) is 23.3 Å². The zero-order valence-corrected chi connectivity index (χ0v) is 22.3. The fourth-order valence-electron chi connectivity index (χ4n) is 4.95. The summed E-state index contributed by atoms with van der Waals surface area (Å²) in [6.45, 7) is 0. The van der Waals surface area contributed by atoms with E-state index in [1.165, 1.54) is 34.1 Å². The minimum Gasteiger partial charge on any atom is -0.305 e. The molecule has 0 fully saturated rings. The first-order valence-electron chi connectivity index (χ1n) is 13.3. The number of anilines is 6. The van der Waals surface area contributed by atoms with Gasteiger partial charge in [0.25, 0.3) is 0 Å². The first kappa shape index (κ1) is 26.8. The number of benzene rings is 6. The van der Waals surface area contributed by atoms with Gasteiger partial charge < -0.3 is 9.80 Å². The number of halogens is 4. The predicted molar refractivity (Wildman–Crippen MR) is 161 cm³/mol. The van der Waals surface area contributed by atoms with Gasteiger partial charge in [-0.2, -0.15) is 0 Å². The van der Waals surface area contributed by atoms with Crippen LogP contribution < -0.4 is 9.80 Å². The molecule has 0 aliphatic carbocycles. The summed E-state index contributed by atoms with van der Waals surface area (Å²) >= 11 is 0. The summed E-state index contributed by atoms with van der Waals surface area (Å²) in [5, 5.41) is 0. The predicted octanol–water partition coefficient (Wildman–Crippen LogP) is 10.8. The quantitative estimate of drug-likeness (QED) is 0.179. The van der Waals surface area contributed by atoms with Gasteiger partial charge in [-0.3, -0.25) is 0 Å². The number of rotatable bonds is 7. The van der Waals surface area contributed by atoms with Crippen LogP contribution in [0.1, 0.15) is 0 Å². The molecule has 0 aliphatic heterocycles. The van der Waals surface area contributed by atoms with Crippen molar-refractivity contribution in [2.75, 3.05) is 9.80 Å². The molecule has 6 heteroatoms. The van der Waals surface area contributed by atoms with Crippen molar-refractivity contribution in [2.24, 2.45) is 0 Å². The van der Waals surface area contributed by atoms with Gasteiger partial charge in [0.2, 0.25) is 0 Å². The molecule has 0 aromatic heterocycles. The van der Waals surface area contributed by atoms with Gasteiger partial charge in [-0.25, -0.2) is 17.6 Å². The number of hydrogen-bond acceptors (Lipinski definition) is 2. The lowest BCUT2D eigenvalue weighted by atomic mass is 10.0. The number of hydrogen-bond donors (Lipinski definition) is 0. The highest BCUT2D eigenvalue weighted by molar-refractivity contribution is 5.81. The van der Waals surface area contributed by atoms with Crippen molar-refractivity contribution in [3.63, 3.8) is 0 Å². The second kappa shape index (κ2) is 11.6. The molecule has 6 aromatic rings.